The van der Waals surface area contributed by atoms with Crippen LogP contribution in [0.25, 0.3) is 0 Å². The molecule has 2 N–H and O–H groups in total. The summed E-state index contributed by atoms with van der Waals surface area (Å²) >= 11 is 0. The molecule has 1 fully saturated rings. The molecular formula is C9H14F5N. The zero-order valence-corrected chi connectivity index (χ0v) is 8.16. The molecule has 0 aliphatic heterocycles. The van der Waals surface area contributed by atoms with E-state index in [1.54, 1.807) is 0 Å². The molecule has 1 saturated carbocycles. The summed E-state index contributed by atoms with van der Waals surface area (Å²) < 4.78 is 61.6. The lowest BCUT2D eigenvalue weighted by Gasteiger charge is -2.30. The second-order valence-corrected chi connectivity index (χ2v) is 4.18. The summed E-state index contributed by atoms with van der Waals surface area (Å²) in [6, 6.07) is -1.88. The molecule has 1 aliphatic rings. The largest absolute Gasteiger partial charge is 0.403 e. The second kappa shape index (κ2) is 4.23. The summed E-state index contributed by atoms with van der Waals surface area (Å²) in [4.78, 5) is 0. The third-order valence-electron chi connectivity index (χ3n) is 2.84. The Labute approximate surface area is 84.8 Å². The molecule has 0 amide bonds. The molecule has 90 valence electrons. The Bertz CT molecular complexity index is 203. The van der Waals surface area contributed by atoms with E-state index in [9.17, 15) is 22.0 Å². The van der Waals surface area contributed by atoms with Crippen LogP contribution in [0, 0.1) is 5.92 Å². The summed E-state index contributed by atoms with van der Waals surface area (Å²) in [5.74, 6) is -3.01. The molecule has 0 radical (unpaired) electrons. The molecule has 1 rings (SSSR count). The van der Waals surface area contributed by atoms with Crippen LogP contribution in [0.5, 0.6) is 0 Å². The molecule has 0 aromatic carbocycles. The highest BCUT2D eigenvalue weighted by molar-refractivity contribution is 4.82. The molecule has 0 heterocycles. The van der Waals surface area contributed by atoms with E-state index in [4.69, 9.17) is 5.73 Å². The number of halogens is 5. The van der Waals surface area contributed by atoms with Gasteiger partial charge in [-0.15, -0.1) is 0 Å². The number of rotatable bonds is 2. The minimum atomic E-state index is -4.42. The van der Waals surface area contributed by atoms with Gasteiger partial charge in [-0.05, 0) is 25.2 Å². The molecule has 0 aromatic rings. The summed E-state index contributed by atoms with van der Waals surface area (Å²) in [6.07, 6.45) is -5.02. The lowest BCUT2D eigenvalue weighted by molar-refractivity contribution is -0.153. The molecule has 0 saturated heterocycles. The van der Waals surface area contributed by atoms with Gasteiger partial charge in [-0.3, -0.25) is 0 Å². The Morgan fingerprint density at radius 1 is 1.20 bits per heavy atom. The van der Waals surface area contributed by atoms with Crippen LogP contribution in [0.2, 0.25) is 0 Å². The number of hydrogen-bond acceptors (Lipinski definition) is 1. The predicted octanol–water partition coefficient (Wildman–Crippen LogP) is 3.09. The van der Waals surface area contributed by atoms with Crippen LogP contribution < -0.4 is 5.73 Å². The van der Waals surface area contributed by atoms with Gasteiger partial charge in [-0.1, -0.05) is 0 Å². The van der Waals surface area contributed by atoms with E-state index >= 15 is 0 Å². The monoisotopic (exact) mass is 231 g/mol. The second-order valence-electron chi connectivity index (χ2n) is 4.18. The van der Waals surface area contributed by atoms with Gasteiger partial charge in [-0.25, -0.2) is 8.78 Å². The Balaban J connectivity index is 2.36. The molecule has 15 heavy (non-hydrogen) atoms. The number of nitrogens with two attached hydrogens (primary N) is 1. The van der Waals surface area contributed by atoms with Crippen molar-refractivity contribution in [1.29, 1.82) is 0 Å². The van der Waals surface area contributed by atoms with Crippen LogP contribution in [0.1, 0.15) is 32.1 Å². The van der Waals surface area contributed by atoms with Crippen molar-refractivity contribution < 1.29 is 22.0 Å². The van der Waals surface area contributed by atoms with Gasteiger partial charge in [-0.2, -0.15) is 13.2 Å². The molecular weight excluding hydrogens is 217 g/mol. The highest BCUT2D eigenvalue weighted by Crippen LogP contribution is 2.38. The van der Waals surface area contributed by atoms with Crippen LogP contribution in [0.15, 0.2) is 0 Å². The van der Waals surface area contributed by atoms with E-state index in [2.05, 4.69) is 0 Å². The minimum Gasteiger partial charge on any atom is -0.320 e. The quantitative estimate of drug-likeness (QED) is 0.726. The Morgan fingerprint density at radius 2 is 1.67 bits per heavy atom. The third kappa shape index (κ3) is 3.93. The Kier molecular flexibility index (Phi) is 3.58. The zero-order chi connectivity index (χ0) is 11.7. The molecule has 1 nitrogen and oxygen atoms in total. The summed E-state index contributed by atoms with van der Waals surface area (Å²) in [6.45, 7) is 0. The van der Waals surface area contributed by atoms with Gasteiger partial charge in [0.05, 0.1) is 0 Å². The maximum atomic E-state index is 12.7. The van der Waals surface area contributed by atoms with Crippen molar-refractivity contribution in [2.45, 2.75) is 50.2 Å². The molecule has 0 spiro atoms. The van der Waals surface area contributed by atoms with Gasteiger partial charge >= 0.3 is 6.18 Å². The van der Waals surface area contributed by atoms with Crippen molar-refractivity contribution in [2.75, 3.05) is 0 Å². The minimum absolute atomic E-state index is 0.136. The van der Waals surface area contributed by atoms with Crippen molar-refractivity contribution in [1.82, 2.24) is 0 Å². The third-order valence-corrected chi connectivity index (χ3v) is 2.84. The van der Waals surface area contributed by atoms with Crippen LogP contribution in [0.4, 0.5) is 22.0 Å². The van der Waals surface area contributed by atoms with Crippen LogP contribution in [0.3, 0.4) is 0 Å². The maximum Gasteiger partial charge on any atom is 0.403 e. The first-order chi connectivity index (χ1) is 6.71. The molecule has 1 unspecified atom stereocenters. The van der Waals surface area contributed by atoms with E-state index in [0.29, 0.717) is 0 Å². The fraction of sp³-hybridized carbons (Fsp3) is 1.00. The van der Waals surface area contributed by atoms with E-state index in [1.165, 1.54) is 0 Å². The molecule has 6 heteroatoms. The average Bonchev–Trinajstić information content (AvgIpc) is 2.07. The van der Waals surface area contributed by atoms with Crippen molar-refractivity contribution in [2.24, 2.45) is 11.7 Å². The molecule has 1 atom stereocenters. The van der Waals surface area contributed by atoms with Crippen LogP contribution >= 0.6 is 0 Å². The average molecular weight is 231 g/mol. The van der Waals surface area contributed by atoms with Gasteiger partial charge in [0.25, 0.3) is 0 Å². The summed E-state index contributed by atoms with van der Waals surface area (Å²) in [5.41, 5.74) is 4.94. The van der Waals surface area contributed by atoms with Gasteiger partial charge in [0, 0.05) is 12.8 Å². The SMILES string of the molecule is NC(CC1CCC(F)(F)CC1)C(F)(F)F. The Morgan fingerprint density at radius 3 is 2.07 bits per heavy atom. The normalized spacial score (nSPS) is 25.2. The molecule has 1 aliphatic carbocycles. The first-order valence-electron chi connectivity index (χ1n) is 4.91. The molecule has 0 bridgehead atoms. The van der Waals surface area contributed by atoms with Crippen LogP contribution in [-0.4, -0.2) is 18.1 Å². The van der Waals surface area contributed by atoms with Crippen LogP contribution in [-0.2, 0) is 0 Å². The number of alkyl halides is 5. The van der Waals surface area contributed by atoms with Gasteiger partial charge in [0.15, 0.2) is 0 Å². The van der Waals surface area contributed by atoms with Gasteiger partial charge < -0.3 is 5.73 Å². The number of hydrogen-bond donors (Lipinski definition) is 1. The van der Waals surface area contributed by atoms with E-state index in [0.717, 1.165) is 0 Å². The summed E-state index contributed by atoms with van der Waals surface area (Å²) in [5, 5.41) is 0. The van der Waals surface area contributed by atoms with Gasteiger partial charge in [0.2, 0.25) is 5.92 Å². The predicted molar refractivity (Wildman–Crippen MR) is 45.6 cm³/mol. The highest BCUT2D eigenvalue weighted by Gasteiger charge is 2.41. The fourth-order valence-electron chi connectivity index (χ4n) is 1.83. The first kappa shape index (κ1) is 12.7. The molecule has 0 aromatic heterocycles. The van der Waals surface area contributed by atoms with Crippen molar-refractivity contribution in [3.63, 3.8) is 0 Å². The van der Waals surface area contributed by atoms with Crippen molar-refractivity contribution in [3.05, 3.63) is 0 Å². The van der Waals surface area contributed by atoms with E-state index in [-0.39, 0.29) is 38.0 Å². The topological polar surface area (TPSA) is 26.0 Å². The zero-order valence-electron chi connectivity index (χ0n) is 8.16. The van der Waals surface area contributed by atoms with Crippen molar-refractivity contribution >= 4 is 0 Å². The van der Waals surface area contributed by atoms with Gasteiger partial charge in [0.1, 0.15) is 6.04 Å². The lowest BCUT2D eigenvalue weighted by atomic mass is 9.83. The van der Waals surface area contributed by atoms with E-state index in [1.807, 2.05) is 0 Å². The lowest BCUT2D eigenvalue weighted by Crippen LogP contribution is -2.40. The van der Waals surface area contributed by atoms with E-state index < -0.39 is 18.1 Å². The standard InChI is InChI=1S/C9H14F5N/c10-8(11)3-1-6(2-4-8)5-7(15)9(12,13)14/h6-7H,1-5,15H2. The first-order valence-corrected chi connectivity index (χ1v) is 4.91. The fourth-order valence-corrected chi connectivity index (χ4v) is 1.83. The van der Waals surface area contributed by atoms with Crippen molar-refractivity contribution in [3.8, 4) is 0 Å². The maximum absolute atomic E-state index is 12.7. The smallest absolute Gasteiger partial charge is 0.320 e. The summed E-state index contributed by atoms with van der Waals surface area (Å²) in [7, 11) is 0. The Hall–Kier alpha value is -0.390. The highest BCUT2D eigenvalue weighted by atomic mass is 19.4.